The van der Waals surface area contributed by atoms with Crippen molar-refractivity contribution < 1.29 is 24.0 Å². The summed E-state index contributed by atoms with van der Waals surface area (Å²) in [5, 5.41) is 6.33. The van der Waals surface area contributed by atoms with E-state index in [0.29, 0.717) is 43.9 Å². The topological polar surface area (TPSA) is 137 Å². The number of hydrazine groups is 1. The van der Waals surface area contributed by atoms with Gasteiger partial charge in [0, 0.05) is 42.5 Å². The van der Waals surface area contributed by atoms with Gasteiger partial charge in [0.05, 0.1) is 11.6 Å². The van der Waals surface area contributed by atoms with Crippen LogP contribution >= 0.6 is 11.8 Å². The van der Waals surface area contributed by atoms with Crippen molar-refractivity contribution in [2.45, 2.75) is 75.1 Å². The number of hydrogen-bond donors (Lipinski definition) is 4. The number of carbonyl (C=O) groups excluding carboxylic acids is 5. The number of unbranched alkanes of at least 4 members (excludes halogenated alkanes) is 3. The lowest BCUT2D eigenvalue weighted by atomic mass is 9.92. The van der Waals surface area contributed by atoms with Crippen LogP contribution in [0, 0.1) is 0 Å². The number of hydrogen-bond acceptors (Lipinski definition) is 6. The Kier molecular flexibility index (Phi) is 8.16. The highest BCUT2D eigenvalue weighted by molar-refractivity contribution is 8.00. The third-order valence-electron chi connectivity index (χ3n) is 6.01. The predicted molar refractivity (Wildman–Crippen MR) is 119 cm³/mol. The van der Waals surface area contributed by atoms with Gasteiger partial charge in [0.25, 0.3) is 11.8 Å². The molecule has 3 rings (SSSR count). The van der Waals surface area contributed by atoms with Gasteiger partial charge in [-0.05, 0) is 32.6 Å². The zero-order chi connectivity index (χ0) is 23.1. The van der Waals surface area contributed by atoms with Gasteiger partial charge in [-0.1, -0.05) is 12.8 Å². The standard InChI is InChI=1S/C21H31N5O5S/c1-21-13-32-14(19(21)22-20(31)23-21)7-4-5-9-16(28)25-24-15(27)8-3-2-6-12-26-17(29)10-11-18(26)30/h10-11,14,19H,2-9,12-13H2,1H3,(H,24,27)(H,25,28)(H2,22,23,31)/t14?,19-,21+/m1/s1. The summed E-state index contributed by atoms with van der Waals surface area (Å²) in [6.45, 7) is 2.41. The van der Waals surface area contributed by atoms with Crippen molar-refractivity contribution in [3.8, 4) is 0 Å². The van der Waals surface area contributed by atoms with Gasteiger partial charge < -0.3 is 10.6 Å². The molecule has 0 radical (unpaired) electrons. The molecule has 2 saturated heterocycles. The average molecular weight is 466 g/mol. The predicted octanol–water partition coefficient (Wildman–Crippen LogP) is 0.735. The number of carbonyl (C=O) groups is 5. The second-order valence-electron chi connectivity index (χ2n) is 8.66. The summed E-state index contributed by atoms with van der Waals surface area (Å²) >= 11 is 1.85. The third kappa shape index (κ3) is 6.24. The summed E-state index contributed by atoms with van der Waals surface area (Å²) in [6, 6.07) is 0.0214. The summed E-state index contributed by atoms with van der Waals surface area (Å²) in [5.74, 6) is -0.188. The number of thioether (sulfide) groups is 1. The molecule has 3 aliphatic rings. The lowest BCUT2D eigenvalue weighted by Crippen LogP contribution is -2.47. The van der Waals surface area contributed by atoms with Gasteiger partial charge in [-0.15, -0.1) is 0 Å². The van der Waals surface area contributed by atoms with E-state index in [1.165, 1.54) is 17.1 Å². The first-order chi connectivity index (χ1) is 15.3. The molecule has 0 aromatic heterocycles. The van der Waals surface area contributed by atoms with Crippen LogP contribution in [-0.4, -0.2) is 63.7 Å². The van der Waals surface area contributed by atoms with Gasteiger partial charge in [0.15, 0.2) is 0 Å². The van der Waals surface area contributed by atoms with E-state index in [1.807, 2.05) is 11.8 Å². The Hall–Kier alpha value is -2.56. The molecule has 0 bridgehead atoms. The second-order valence-corrected chi connectivity index (χ2v) is 9.88. The summed E-state index contributed by atoms with van der Waals surface area (Å²) in [6.07, 6.45) is 7.57. The molecule has 3 aliphatic heterocycles. The number of nitrogens with one attached hydrogen (secondary N) is 4. The minimum absolute atomic E-state index is 0.105. The Morgan fingerprint density at radius 2 is 1.66 bits per heavy atom. The quantitative estimate of drug-likeness (QED) is 0.154. The maximum Gasteiger partial charge on any atom is 0.315 e. The SMILES string of the molecule is C[C@]12CSC(CCCCC(=O)NNC(=O)CCCCCN3C(=O)C=CC3=O)[C@H]1NC(=O)N2. The Morgan fingerprint density at radius 3 is 2.31 bits per heavy atom. The highest BCUT2D eigenvalue weighted by Crippen LogP contribution is 2.39. The largest absolute Gasteiger partial charge is 0.332 e. The van der Waals surface area contributed by atoms with E-state index >= 15 is 0 Å². The van der Waals surface area contributed by atoms with Gasteiger partial charge in [-0.25, -0.2) is 4.79 Å². The number of nitrogens with zero attached hydrogens (tertiary/aromatic N) is 1. The highest BCUT2D eigenvalue weighted by atomic mass is 32.2. The van der Waals surface area contributed by atoms with Gasteiger partial charge in [0.1, 0.15) is 0 Å². The minimum atomic E-state index is -0.293. The molecular formula is C21H31N5O5S. The van der Waals surface area contributed by atoms with Crippen LogP contribution in [0.1, 0.15) is 58.3 Å². The van der Waals surface area contributed by atoms with Crippen LogP contribution in [0.5, 0.6) is 0 Å². The Bertz CT molecular complexity index is 785. The van der Waals surface area contributed by atoms with E-state index in [4.69, 9.17) is 0 Å². The molecule has 3 atom stereocenters. The number of urea groups is 1. The number of amides is 6. The first-order valence-corrected chi connectivity index (χ1v) is 12.1. The van der Waals surface area contributed by atoms with Crippen molar-refractivity contribution >= 4 is 41.4 Å². The second kappa shape index (κ2) is 10.8. The molecule has 1 unspecified atom stereocenters. The maximum atomic E-state index is 11.9. The van der Waals surface area contributed by atoms with Gasteiger partial charge in [0.2, 0.25) is 11.8 Å². The van der Waals surface area contributed by atoms with E-state index in [1.54, 1.807) is 0 Å². The fraction of sp³-hybridized carbons (Fsp3) is 0.667. The zero-order valence-corrected chi connectivity index (χ0v) is 19.1. The molecule has 0 aromatic rings. The molecule has 4 N–H and O–H groups in total. The number of rotatable bonds is 11. The van der Waals surface area contributed by atoms with Crippen molar-refractivity contribution in [3.63, 3.8) is 0 Å². The van der Waals surface area contributed by atoms with Crippen LogP contribution in [0.15, 0.2) is 12.2 Å². The van der Waals surface area contributed by atoms with Crippen molar-refractivity contribution in [3.05, 3.63) is 12.2 Å². The fourth-order valence-electron chi connectivity index (χ4n) is 4.21. The molecule has 10 nitrogen and oxygen atoms in total. The van der Waals surface area contributed by atoms with Crippen LogP contribution in [0.3, 0.4) is 0 Å². The smallest absolute Gasteiger partial charge is 0.315 e. The molecule has 3 heterocycles. The highest BCUT2D eigenvalue weighted by Gasteiger charge is 2.51. The van der Waals surface area contributed by atoms with Crippen molar-refractivity contribution in [1.82, 2.24) is 26.4 Å². The molecule has 6 amide bonds. The van der Waals surface area contributed by atoms with Crippen molar-refractivity contribution in [1.29, 1.82) is 0 Å². The molecule has 0 aromatic carbocycles. The first kappa shape index (κ1) is 24.1. The Labute approximate surface area is 191 Å². The summed E-state index contributed by atoms with van der Waals surface area (Å²) in [4.78, 5) is 59.4. The van der Waals surface area contributed by atoms with E-state index in [-0.39, 0.29) is 47.7 Å². The Balaban J connectivity index is 1.18. The van der Waals surface area contributed by atoms with Gasteiger partial charge >= 0.3 is 6.03 Å². The normalized spacial score (nSPS) is 26.2. The molecule has 0 saturated carbocycles. The van der Waals surface area contributed by atoms with Crippen LogP contribution in [0.25, 0.3) is 0 Å². The van der Waals surface area contributed by atoms with Crippen molar-refractivity contribution in [2.75, 3.05) is 12.3 Å². The molecular weight excluding hydrogens is 434 g/mol. The zero-order valence-electron chi connectivity index (χ0n) is 18.3. The molecule has 32 heavy (non-hydrogen) atoms. The van der Waals surface area contributed by atoms with Crippen LogP contribution < -0.4 is 21.5 Å². The molecule has 11 heteroatoms. The summed E-state index contributed by atoms with van der Waals surface area (Å²) in [5.41, 5.74) is 4.68. The van der Waals surface area contributed by atoms with Crippen LogP contribution in [0.2, 0.25) is 0 Å². The summed E-state index contributed by atoms with van der Waals surface area (Å²) < 4.78 is 0. The number of fused-ring (bicyclic) bond motifs is 1. The lowest BCUT2D eigenvalue weighted by molar-refractivity contribution is -0.137. The number of imide groups is 1. The van der Waals surface area contributed by atoms with E-state index in [2.05, 4.69) is 28.4 Å². The third-order valence-corrected chi connectivity index (χ3v) is 7.71. The summed E-state index contributed by atoms with van der Waals surface area (Å²) in [7, 11) is 0. The lowest BCUT2D eigenvalue weighted by Gasteiger charge is -2.23. The molecule has 0 aliphatic carbocycles. The van der Waals surface area contributed by atoms with Crippen LogP contribution in [0.4, 0.5) is 4.79 Å². The van der Waals surface area contributed by atoms with E-state index in [9.17, 15) is 24.0 Å². The van der Waals surface area contributed by atoms with Gasteiger partial charge in [-0.3, -0.25) is 34.9 Å². The van der Waals surface area contributed by atoms with E-state index in [0.717, 1.165) is 18.6 Å². The average Bonchev–Trinajstić information content (AvgIpc) is 3.33. The van der Waals surface area contributed by atoms with Crippen LogP contribution in [-0.2, 0) is 19.2 Å². The minimum Gasteiger partial charge on any atom is -0.332 e. The maximum absolute atomic E-state index is 11.9. The molecule has 176 valence electrons. The van der Waals surface area contributed by atoms with E-state index < -0.39 is 0 Å². The monoisotopic (exact) mass is 465 g/mol. The van der Waals surface area contributed by atoms with Gasteiger partial charge in [-0.2, -0.15) is 11.8 Å². The Morgan fingerprint density at radius 1 is 1.03 bits per heavy atom. The van der Waals surface area contributed by atoms with Crippen molar-refractivity contribution in [2.24, 2.45) is 0 Å². The molecule has 0 spiro atoms. The fourth-order valence-corrected chi connectivity index (χ4v) is 5.91. The molecule has 2 fully saturated rings. The first-order valence-electron chi connectivity index (χ1n) is 11.1.